The lowest BCUT2D eigenvalue weighted by Crippen LogP contribution is -2.30. The molecule has 0 aliphatic carbocycles. The second-order valence-corrected chi connectivity index (χ2v) is 12.0. The fourth-order valence-corrected chi connectivity index (χ4v) is 5.83. The highest BCUT2D eigenvalue weighted by molar-refractivity contribution is 8.00. The number of nitrogens with one attached hydrogen (secondary N) is 3. The van der Waals surface area contributed by atoms with E-state index >= 15 is 0 Å². The Morgan fingerprint density at radius 3 is 2.13 bits per heavy atom. The molecule has 1 atom stereocenters. The van der Waals surface area contributed by atoms with E-state index in [4.69, 9.17) is 23.2 Å². The lowest BCUT2D eigenvalue weighted by molar-refractivity contribution is -0.116. The number of amides is 3. The van der Waals surface area contributed by atoms with E-state index in [1.54, 1.807) is 72.8 Å². The molecule has 0 saturated heterocycles. The van der Waals surface area contributed by atoms with E-state index in [1.165, 1.54) is 36.0 Å². The van der Waals surface area contributed by atoms with Gasteiger partial charge in [-0.25, -0.2) is 4.39 Å². The Hall–Kier alpha value is -4.89. The normalized spacial score (nSPS) is 11.8. The zero-order chi connectivity index (χ0) is 32.5. The van der Waals surface area contributed by atoms with Gasteiger partial charge in [-0.15, -0.1) is 11.8 Å². The van der Waals surface area contributed by atoms with Gasteiger partial charge >= 0.3 is 0 Å². The number of benzene rings is 5. The Balaban J connectivity index is 1.38. The standard InChI is InChI=1S/C36H26Cl2FN3O3S/c37-26-14-7-9-23(19-26)20-32(42-34(43)25-12-5-2-6-13-25)35(44)40-27-15-8-16-29(21-27)46-33(24-10-3-1-4-11-24)36(45)41-28-17-18-31(39)30(38)22-28/h1-22,33H,(H,40,44)(H,41,45)(H,42,43)/b32-20-. The van der Waals surface area contributed by atoms with E-state index in [9.17, 15) is 18.8 Å². The molecular formula is C36H26Cl2FN3O3S. The Labute approximate surface area is 279 Å². The first-order valence-electron chi connectivity index (χ1n) is 14.0. The van der Waals surface area contributed by atoms with E-state index in [0.29, 0.717) is 32.4 Å². The molecule has 0 aromatic heterocycles. The predicted molar refractivity (Wildman–Crippen MR) is 183 cm³/mol. The van der Waals surface area contributed by atoms with E-state index < -0.39 is 22.9 Å². The summed E-state index contributed by atoms with van der Waals surface area (Å²) >= 11 is 13.3. The van der Waals surface area contributed by atoms with Crippen LogP contribution in [0.25, 0.3) is 6.08 Å². The molecule has 0 aliphatic rings. The fraction of sp³-hybridized carbons (Fsp3) is 0.0278. The van der Waals surface area contributed by atoms with E-state index in [-0.39, 0.29) is 16.6 Å². The average Bonchev–Trinajstić information content (AvgIpc) is 3.06. The molecule has 10 heteroatoms. The van der Waals surface area contributed by atoms with Crippen LogP contribution in [0.15, 0.2) is 138 Å². The van der Waals surface area contributed by atoms with Crippen molar-refractivity contribution >= 4 is 70.1 Å². The minimum absolute atomic E-state index is 0.00803. The number of carbonyl (C=O) groups is 3. The van der Waals surface area contributed by atoms with Gasteiger partial charge in [0.15, 0.2) is 0 Å². The smallest absolute Gasteiger partial charge is 0.272 e. The highest BCUT2D eigenvalue weighted by atomic mass is 35.5. The van der Waals surface area contributed by atoms with Crippen molar-refractivity contribution in [2.75, 3.05) is 10.6 Å². The van der Waals surface area contributed by atoms with Gasteiger partial charge in [-0.05, 0) is 77.9 Å². The summed E-state index contributed by atoms with van der Waals surface area (Å²) in [5.41, 5.74) is 2.55. The molecular weight excluding hydrogens is 644 g/mol. The number of carbonyl (C=O) groups excluding carboxylic acids is 3. The van der Waals surface area contributed by atoms with Gasteiger partial charge in [-0.3, -0.25) is 14.4 Å². The maximum Gasteiger partial charge on any atom is 0.272 e. The molecule has 5 aromatic rings. The van der Waals surface area contributed by atoms with Crippen LogP contribution in [0.5, 0.6) is 0 Å². The number of halogens is 3. The number of rotatable bonds is 10. The van der Waals surface area contributed by atoms with Gasteiger partial charge in [0.25, 0.3) is 11.8 Å². The van der Waals surface area contributed by atoms with Crippen molar-refractivity contribution in [2.45, 2.75) is 10.1 Å². The van der Waals surface area contributed by atoms with Crippen LogP contribution < -0.4 is 16.0 Å². The third-order valence-electron chi connectivity index (χ3n) is 6.56. The highest BCUT2D eigenvalue weighted by Crippen LogP contribution is 2.37. The van der Waals surface area contributed by atoms with Crippen LogP contribution in [0.2, 0.25) is 10.0 Å². The van der Waals surface area contributed by atoms with Crippen molar-refractivity contribution in [2.24, 2.45) is 0 Å². The van der Waals surface area contributed by atoms with Gasteiger partial charge in [-0.1, -0.05) is 89.9 Å². The molecule has 46 heavy (non-hydrogen) atoms. The van der Waals surface area contributed by atoms with Gasteiger partial charge in [0.2, 0.25) is 5.91 Å². The summed E-state index contributed by atoms with van der Waals surface area (Å²) in [7, 11) is 0. The van der Waals surface area contributed by atoms with E-state index in [2.05, 4.69) is 16.0 Å². The molecule has 1 unspecified atom stereocenters. The molecule has 0 radical (unpaired) electrons. The molecule has 6 nitrogen and oxygen atoms in total. The van der Waals surface area contributed by atoms with Gasteiger partial charge < -0.3 is 16.0 Å². The second kappa shape index (κ2) is 15.4. The van der Waals surface area contributed by atoms with Crippen LogP contribution in [0.3, 0.4) is 0 Å². The molecule has 5 rings (SSSR count). The average molecular weight is 671 g/mol. The van der Waals surface area contributed by atoms with Gasteiger partial charge in [0, 0.05) is 26.9 Å². The van der Waals surface area contributed by atoms with Crippen LogP contribution in [0, 0.1) is 5.82 Å². The number of thioether (sulfide) groups is 1. The van der Waals surface area contributed by atoms with Crippen LogP contribution in [0.4, 0.5) is 15.8 Å². The second-order valence-electron chi connectivity index (χ2n) is 9.94. The number of anilines is 2. The van der Waals surface area contributed by atoms with Gasteiger partial charge in [0.1, 0.15) is 16.8 Å². The molecule has 230 valence electrons. The summed E-state index contributed by atoms with van der Waals surface area (Å²) in [6.07, 6.45) is 1.54. The first-order valence-corrected chi connectivity index (χ1v) is 15.6. The summed E-state index contributed by atoms with van der Waals surface area (Å²) in [5, 5.41) is 8.05. The molecule has 0 saturated carbocycles. The maximum absolute atomic E-state index is 13.7. The molecule has 0 heterocycles. The van der Waals surface area contributed by atoms with Crippen LogP contribution in [-0.4, -0.2) is 17.7 Å². The van der Waals surface area contributed by atoms with Crippen molar-refractivity contribution in [1.82, 2.24) is 5.32 Å². The highest BCUT2D eigenvalue weighted by Gasteiger charge is 2.23. The lowest BCUT2D eigenvalue weighted by atomic mass is 10.1. The fourth-order valence-electron chi connectivity index (χ4n) is 4.37. The molecule has 0 fully saturated rings. The molecule has 3 N–H and O–H groups in total. The molecule has 3 amide bonds. The Morgan fingerprint density at radius 1 is 0.717 bits per heavy atom. The molecule has 0 aliphatic heterocycles. The zero-order valence-electron chi connectivity index (χ0n) is 24.0. The van der Waals surface area contributed by atoms with Crippen LogP contribution >= 0.6 is 35.0 Å². The summed E-state index contributed by atoms with van der Waals surface area (Å²) in [5.74, 6) is -1.94. The monoisotopic (exact) mass is 669 g/mol. The largest absolute Gasteiger partial charge is 0.325 e. The van der Waals surface area contributed by atoms with E-state index in [0.717, 1.165) is 5.56 Å². The van der Waals surface area contributed by atoms with E-state index in [1.807, 2.05) is 36.4 Å². The lowest BCUT2D eigenvalue weighted by Gasteiger charge is -2.18. The zero-order valence-corrected chi connectivity index (χ0v) is 26.4. The topological polar surface area (TPSA) is 87.3 Å². The molecule has 5 aromatic carbocycles. The quantitative estimate of drug-likeness (QED) is 0.102. The third-order valence-corrected chi connectivity index (χ3v) is 8.33. The Kier molecular flexibility index (Phi) is 10.9. The summed E-state index contributed by atoms with van der Waals surface area (Å²) in [6, 6.07) is 35.6. The Morgan fingerprint density at radius 2 is 1.41 bits per heavy atom. The molecule has 0 bridgehead atoms. The van der Waals surface area contributed by atoms with Crippen molar-refractivity contribution in [3.8, 4) is 0 Å². The van der Waals surface area contributed by atoms with Crippen molar-refractivity contribution in [1.29, 1.82) is 0 Å². The van der Waals surface area contributed by atoms with Crippen LogP contribution in [-0.2, 0) is 9.59 Å². The summed E-state index contributed by atoms with van der Waals surface area (Å²) in [6.45, 7) is 0. The van der Waals surface area contributed by atoms with Crippen molar-refractivity contribution in [3.63, 3.8) is 0 Å². The Bertz CT molecular complexity index is 1910. The predicted octanol–water partition coefficient (Wildman–Crippen LogP) is 9.01. The van der Waals surface area contributed by atoms with Crippen LogP contribution in [0.1, 0.15) is 26.7 Å². The van der Waals surface area contributed by atoms with Gasteiger partial charge in [0.05, 0.1) is 5.02 Å². The number of hydrogen-bond donors (Lipinski definition) is 3. The van der Waals surface area contributed by atoms with Crippen molar-refractivity contribution in [3.05, 3.63) is 166 Å². The number of hydrogen-bond acceptors (Lipinski definition) is 4. The van der Waals surface area contributed by atoms with Gasteiger partial charge in [-0.2, -0.15) is 0 Å². The SMILES string of the molecule is O=C(Nc1cccc(SC(C(=O)Nc2ccc(F)c(Cl)c2)c2ccccc2)c1)/C(=C/c1cccc(Cl)c1)NC(=O)c1ccccc1. The molecule has 0 spiro atoms. The third kappa shape index (κ3) is 8.85. The van der Waals surface area contributed by atoms with Crippen molar-refractivity contribution < 1.29 is 18.8 Å². The minimum atomic E-state index is -0.695. The maximum atomic E-state index is 13.7. The minimum Gasteiger partial charge on any atom is -0.325 e. The first kappa shape index (κ1) is 32.5. The first-order chi connectivity index (χ1) is 22.2. The summed E-state index contributed by atoms with van der Waals surface area (Å²) in [4.78, 5) is 40.7. The summed E-state index contributed by atoms with van der Waals surface area (Å²) < 4.78 is 13.7.